The molecule has 0 aromatic rings. The average Bonchev–Trinajstić information content (AvgIpc) is 3.38. The van der Waals surface area contributed by atoms with Crippen LogP contribution in [-0.2, 0) is 23.7 Å². The molecule has 2 fully saturated rings. The standard InChI is InChI=1S/C68H121NO13/c1-3-5-7-9-11-13-14-15-16-17-18-19-20-21-22-23-24-25-26-27-28-29-30-31-32-33-34-35-36-37-38-39-40-41-42-44-46-48-50-52-60(73)69-56(57(72)51-49-47-45-43-12-10-8-6-4-2)55-79-67-65(78)63(76)66(59(54-71)81-67)82-68-64(77)62(75)61(74)58(53-70)80-68/h5,7,11,13,15-16,18-19,21-22,24-25,56-59,61-68,70-72,74-78H,3-4,6,8-10,12,14,17,20,23,26-55H2,1-2H3,(H,69,73)/b7-5-,13-11-,16-15-,19-18-,22-21-,25-24-. The van der Waals surface area contributed by atoms with E-state index in [1.165, 1.54) is 141 Å². The highest BCUT2D eigenvalue weighted by atomic mass is 16.7. The number of aliphatic hydroxyl groups excluding tert-OH is 8. The van der Waals surface area contributed by atoms with Crippen molar-refractivity contribution < 1.29 is 64.6 Å². The molecule has 476 valence electrons. The normalized spacial score (nSPS) is 24.4. The topological polar surface area (TPSA) is 228 Å². The monoisotopic (exact) mass is 1160 g/mol. The Hall–Kier alpha value is -2.57. The molecule has 82 heavy (non-hydrogen) atoms. The second-order valence-corrected chi connectivity index (χ2v) is 23.2. The molecule has 0 aromatic heterocycles. The lowest BCUT2D eigenvalue weighted by atomic mass is 9.97. The molecule has 2 aliphatic heterocycles. The van der Waals surface area contributed by atoms with E-state index in [4.69, 9.17) is 18.9 Å². The Morgan fingerprint density at radius 1 is 0.451 bits per heavy atom. The van der Waals surface area contributed by atoms with E-state index in [9.17, 15) is 45.6 Å². The van der Waals surface area contributed by atoms with Gasteiger partial charge in [0.1, 0.15) is 48.8 Å². The van der Waals surface area contributed by atoms with Gasteiger partial charge in [-0.15, -0.1) is 0 Å². The van der Waals surface area contributed by atoms with Crippen LogP contribution in [-0.4, -0.2) is 140 Å². The van der Waals surface area contributed by atoms with Crippen molar-refractivity contribution in [1.29, 1.82) is 0 Å². The lowest BCUT2D eigenvalue weighted by Crippen LogP contribution is -2.65. The highest BCUT2D eigenvalue weighted by Gasteiger charge is 2.51. The Bertz CT molecular complexity index is 1650. The Labute approximate surface area is 498 Å². The first kappa shape index (κ1) is 75.5. The summed E-state index contributed by atoms with van der Waals surface area (Å²) >= 11 is 0. The number of ether oxygens (including phenoxy) is 4. The van der Waals surface area contributed by atoms with Crippen molar-refractivity contribution >= 4 is 5.91 Å². The predicted molar refractivity (Wildman–Crippen MR) is 332 cm³/mol. The molecule has 0 bridgehead atoms. The van der Waals surface area contributed by atoms with Crippen molar-refractivity contribution in [2.24, 2.45) is 0 Å². The van der Waals surface area contributed by atoms with Crippen molar-refractivity contribution in [2.45, 2.75) is 331 Å². The largest absolute Gasteiger partial charge is 0.394 e. The molecule has 0 saturated carbocycles. The van der Waals surface area contributed by atoms with E-state index < -0.39 is 86.8 Å². The number of carbonyl (C=O) groups is 1. The second kappa shape index (κ2) is 52.7. The first-order chi connectivity index (χ1) is 40.1. The molecule has 2 rings (SSSR count). The van der Waals surface area contributed by atoms with E-state index >= 15 is 0 Å². The van der Waals surface area contributed by atoms with Crippen LogP contribution >= 0.6 is 0 Å². The maximum absolute atomic E-state index is 13.2. The van der Waals surface area contributed by atoms with Gasteiger partial charge in [-0.25, -0.2) is 0 Å². The average molecular weight is 1160 g/mol. The van der Waals surface area contributed by atoms with Gasteiger partial charge in [-0.05, 0) is 64.2 Å². The molecule has 12 unspecified atom stereocenters. The molecule has 2 aliphatic rings. The molecular formula is C68H121NO13. The lowest BCUT2D eigenvalue weighted by molar-refractivity contribution is -0.359. The molecule has 12 atom stereocenters. The van der Waals surface area contributed by atoms with Crippen LogP contribution in [0.4, 0.5) is 0 Å². The van der Waals surface area contributed by atoms with Gasteiger partial charge >= 0.3 is 0 Å². The van der Waals surface area contributed by atoms with Crippen LogP contribution in [0.15, 0.2) is 72.9 Å². The number of allylic oxidation sites excluding steroid dienone is 12. The first-order valence-corrected chi connectivity index (χ1v) is 33.2. The minimum absolute atomic E-state index is 0.208. The van der Waals surface area contributed by atoms with E-state index in [0.29, 0.717) is 12.8 Å². The fraction of sp³-hybridized carbons (Fsp3) is 0.809. The minimum Gasteiger partial charge on any atom is -0.394 e. The SMILES string of the molecule is CC/C=C\C/C=C\C/C=C\C/C=C\C/C=C\C/C=C\CCCCCCCCCCCCCCCCCCCCCCC(=O)NC(COC1OC(CO)C(OC2OC(CO)C(O)C(O)C2O)C(O)C1O)C(O)CCCCCCCCCCC. The maximum atomic E-state index is 13.2. The van der Waals surface area contributed by atoms with Crippen molar-refractivity contribution in [1.82, 2.24) is 5.32 Å². The molecule has 0 aromatic carbocycles. The number of hydrogen-bond acceptors (Lipinski definition) is 13. The van der Waals surface area contributed by atoms with Gasteiger partial charge in [-0.3, -0.25) is 4.79 Å². The smallest absolute Gasteiger partial charge is 0.220 e. The number of carbonyl (C=O) groups excluding carboxylic acids is 1. The fourth-order valence-corrected chi connectivity index (χ4v) is 10.7. The van der Waals surface area contributed by atoms with Gasteiger partial charge in [0.05, 0.1) is 32.0 Å². The number of aliphatic hydroxyl groups is 8. The number of amides is 1. The minimum atomic E-state index is -1.78. The number of hydrogen-bond donors (Lipinski definition) is 9. The zero-order chi connectivity index (χ0) is 59.5. The molecule has 2 saturated heterocycles. The van der Waals surface area contributed by atoms with E-state index in [0.717, 1.165) is 89.9 Å². The van der Waals surface area contributed by atoms with Gasteiger partial charge < -0.3 is 65.1 Å². The van der Waals surface area contributed by atoms with Crippen molar-refractivity contribution in [2.75, 3.05) is 19.8 Å². The molecule has 1 amide bonds. The Morgan fingerprint density at radius 2 is 0.841 bits per heavy atom. The highest BCUT2D eigenvalue weighted by molar-refractivity contribution is 5.76. The summed E-state index contributed by atoms with van der Waals surface area (Å²) in [6.45, 7) is 2.72. The molecule has 0 radical (unpaired) electrons. The maximum Gasteiger partial charge on any atom is 0.220 e. The van der Waals surface area contributed by atoms with E-state index in [-0.39, 0.29) is 12.5 Å². The van der Waals surface area contributed by atoms with Crippen molar-refractivity contribution in [3.8, 4) is 0 Å². The predicted octanol–water partition coefficient (Wildman–Crippen LogP) is 12.7. The van der Waals surface area contributed by atoms with Crippen LogP contribution in [0.25, 0.3) is 0 Å². The summed E-state index contributed by atoms with van der Waals surface area (Å²) in [4.78, 5) is 13.2. The first-order valence-electron chi connectivity index (χ1n) is 33.2. The molecule has 14 heteroatoms. The van der Waals surface area contributed by atoms with Gasteiger partial charge in [0.2, 0.25) is 5.91 Å². The van der Waals surface area contributed by atoms with Gasteiger partial charge in [-0.1, -0.05) is 260 Å². The molecule has 9 N–H and O–H groups in total. The summed E-state index contributed by atoms with van der Waals surface area (Å²) < 4.78 is 22.8. The Kier molecular flexibility index (Phi) is 48.6. The number of nitrogens with one attached hydrogen (secondary N) is 1. The summed E-state index contributed by atoms with van der Waals surface area (Å²) in [5.74, 6) is -0.208. The summed E-state index contributed by atoms with van der Waals surface area (Å²) in [6.07, 6.45) is 53.9. The van der Waals surface area contributed by atoms with Crippen LogP contribution in [0.3, 0.4) is 0 Å². The summed E-state index contributed by atoms with van der Waals surface area (Å²) in [7, 11) is 0. The van der Waals surface area contributed by atoms with E-state index in [2.05, 4.69) is 92.1 Å². The second-order valence-electron chi connectivity index (χ2n) is 23.2. The van der Waals surface area contributed by atoms with E-state index in [1.807, 2.05) is 0 Å². The van der Waals surface area contributed by atoms with Crippen molar-refractivity contribution in [3.63, 3.8) is 0 Å². The fourth-order valence-electron chi connectivity index (χ4n) is 10.7. The Morgan fingerprint density at radius 3 is 1.29 bits per heavy atom. The summed E-state index contributed by atoms with van der Waals surface area (Å²) in [5, 5.41) is 87.1. The van der Waals surface area contributed by atoms with Crippen molar-refractivity contribution in [3.05, 3.63) is 72.9 Å². The number of rotatable bonds is 53. The van der Waals surface area contributed by atoms with Crippen LogP contribution in [0.1, 0.15) is 258 Å². The molecule has 0 spiro atoms. The van der Waals surface area contributed by atoms with Crippen LogP contribution in [0.2, 0.25) is 0 Å². The van der Waals surface area contributed by atoms with Crippen LogP contribution in [0, 0.1) is 0 Å². The third-order valence-corrected chi connectivity index (χ3v) is 15.9. The molecule has 14 nitrogen and oxygen atoms in total. The van der Waals surface area contributed by atoms with Gasteiger partial charge in [0, 0.05) is 6.42 Å². The highest BCUT2D eigenvalue weighted by Crippen LogP contribution is 2.30. The molecule has 0 aliphatic carbocycles. The van der Waals surface area contributed by atoms with Crippen LogP contribution in [0.5, 0.6) is 0 Å². The zero-order valence-corrected chi connectivity index (χ0v) is 51.5. The van der Waals surface area contributed by atoms with Gasteiger partial charge in [0.25, 0.3) is 0 Å². The summed E-state index contributed by atoms with van der Waals surface area (Å²) in [6, 6.07) is -0.827. The third kappa shape index (κ3) is 37.1. The lowest BCUT2D eigenvalue weighted by Gasteiger charge is -2.46. The van der Waals surface area contributed by atoms with E-state index in [1.54, 1.807) is 0 Å². The van der Waals surface area contributed by atoms with Gasteiger partial charge in [-0.2, -0.15) is 0 Å². The quantitative estimate of drug-likeness (QED) is 0.0204. The Balaban J connectivity index is 1.53. The van der Waals surface area contributed by atoms with Crippen LogP contribution < -0.4 is 5.32 Å². The molecular weight excluding hydrogens is 1040 g/mol. The van der Waals surface area contributed by atoms with Gasteiger partial charge in [0.15, 0.2) is 12.6 Å². The zero-order valence-electron chi connectivity index (χ0n) is 51.5. The molecule has 2 heterocycles. The third-order valence-electron chi connectivity index (χ3n) is 15.9. The number of unbranched alkanes of at least 4 members (excludes halogenated alkanes) is 28. The summed E-state index contributed by atoms with van der Waals surface area (Å²) in [5.41, 5.74) is 0.